The summed E-state index contributed by atoms with van der Waals surface area (Å²) >= 11 is 0. The maximum Gasteiger partial charge on any atom is 0.339 e. The van der Waals surface area contributed by atoms with E-state index in [1.807, 2.05) is 32.9 Å². The van der Waals surface area contributed by atoms with E-state index in [-0.39, 0.29) is 5.78 Å². The molecule has 1 N–H and O–H groups in total. The quantitative estimate of drug-likeness (QED) is 0.651. The maximum atomic E-state index is 12.5. The lowest BCUT2D eigenvalue weighted by Crippen LogP contribution is -2.30. The summed E-state index contributed by atoms with van der Waals surface area (Å²) in [7, 11) is 0. The van der Waals surface area contributed by atoms with Crippen LogP contribution in [0.5, 0.6) is 0 Å². The number of ether oxygens (including phenoxy) is 1. The molecule has 0 aliphatic carbocycles. The van der Waals surface area contributed by atoms with E-state index in [0.29, 0.717) is 16.8 Å². The SMILES string of the molecule is CC(=O)c1cccc(NC(=O)C(C)OC(=O)c2c(C)cc(C)cc2C)c1. The molecule has 1 unspecified atom stereocenters. The summed E-state index contributed by atoms with van der Waals surface area (Å²) in [5.41, 5.74) is 4.15. The fourth-order valence-corrected chi connectivity index (χ4v) is 2.83. The average molecular weight is 353 g/mol. The number of amides is 1. The average Bonchev–Trinajstić information content (AvgIpc) is 2.53. The smallest absolute Gasteiger partial charge is 0.339 e. The highest BCUT2D eigenvalue weighted by atomic mass is 16.5. The van der Waals surface area contributed by atoms with Gasteiger partial charge in [-0.3, -0.25) is 9.59 Å². The molecule has 0 fully saturated rings. The monoisotopic (exact) mass is 353 g/mol. The summed E-state index contributed by atoms with van der Waals surface area (Å²) in [6.45, 7) is 8.61. The van der Waals surface area contributed by atoms with Gasteiger partial charge in [-0.25, -0.2) is 4.79 Å². The summed E-state index contributed by atoms with van der Waals surface area (Å²) in [5, 5.41) is 2.66. The van der Waals surface area contributed by atoms with Gasteiger partial charge in [0.25, 0.3) is 5.91 Å². The summed E-state index contributed by atoms with van der Waals surface area (Å²) < 4.78 is 5.33. The van der Waals surface area contributed by atoms with Crippen molar-refractivity contribution < 1.29 is 19.1 Å². The van der Waals surface area contributed by atoms with Crippen LogP contribution in [0, 0.1) is 20.8 Å². The number of carbonyl (C=O) groups is 3. The first-order valence-corrected chi connectivity index (χ1v) is 8.39. The molecule has 0 aromatic heterocycles. The number of Topliss-reactive ketones (excluding diaryl/α,β-unsaturated/α-hetero) is 1. The van der Waals surface area contributed by atoms with Crippen molar-refractivity contribution in [1.29, 1.82) is 0 Å². The minimum absolute atomic E-state index is 0.0918. The maximum absolute atomic E-state index is 12.5. The number of esters is 1. The van der Waals surface area contributed by atoms with Gasteiger partial charge in [-0.05, 0) is 57.9 Å². The lowest BCUT2D eigenvalue weighted by Gasteiger charge is -2.16. The molecule has 0 saturated heterocycles. The zero-order valence-corrected chi connectivity index (χ0v) is 15.7. The van der Waals surface area contributed by atoms with Crippen molar-refractivity contribution in [1.82, 2.24) is 0 Å². The Bertz CT molecular complexity index is 847. The number of rotatable bonds is 5. The van der Waals surface area contributed by atoms with Gasteiger partial charge in [0.1, 0.15) is 0 Å². The first kappa shape index (κ1) is 19.4. The van der Waals surface area contributed by atoms with Crippen LogP contribution in [-0.4, -0.2) is 23.8 Å². The molecule has 5 nitrogen and oxygen atoms in total. The van der Waals surface area contributed by atoms with Crippen LogP contribution in [0.2, 0.25) is 0 Å². The van der Waals surface area contributed by atoms with Crippen molar-refractivity contribution in [3.8, 4) is 0 Å². The molecule has 0 radical (unpaired) electrons. The van der Waals surface area contributed by atoms with Crippen molar-refractivity contribution in [2.75, 3.05) is 5.32 Å². The van der Waals surface area contributed by atoms with E-state index in [1.165, 1.54) is 13.8 Å². The minimum atomic E-state index is -0.969. The normalized spacial score (nSPS) is 11.6. The summed E-state index contributed by atoms with van der Waals surface area (Å²) in [4.78, 5) is 36.2. The van der Waals surface area contributed by atoms with Gasteiger partial charge in [0.15, 0.2) is 11.9 Å². The molecule has 0 aliphatic rings. The van der Waals surface area contributed by atoms with Gasteiger partial charge in [0.2, 0.25) is 0 Å². The van der Waals surface area contributed by atoms with E-state index < -0.39 is 18.0 Å². The Kier molecular flexibility index (Phi) is 5.93. The van der Waals surface area contributed by atoms with Crippen molar-refractivity contribution >= 4 is 23.3 Å². The Morgan fingerprint density at radius 1 is 1.00 bits per heavy atom. The zero-order chi connectivity index (χ0) is 19.4. The Morgan fingerprint density at radius 2 is 1.62 bits per heavy atom. The van der Waals surface area contributed by atoms with Crippen molar-refractivity contribution in [2.24, 2.45) is 0 Å². The van der Waals surface area contributed by atoms with Crippen molar-refractivity contribution in [3.63, 3.8) is 0 Å². The number of anilines is 1. The second-order valence-corrected chi connectivity index (χ2v) is 6.45. The van der Waals surface area contributed by atoms with Crippen LogP contribution in [0.1, 0.15) is 51.3 Å². The number of hydrogen-bond acceptors (Lipinski definition) is 4. The standard InChI is InChI=1S/C21H23NO4/c1-12-9-13(2)19(14(3)10-12)21(25)26-16(5)20(24)22-18-8-6-7-17(11-18)15(4)23/h6-11,16H,1-5H3,(H,22,24). The van der Waals surface area contributed by atoms with Crippen LogP contribution < -0.4 is 5.32 Å². The van der Waals surface area contributed by atoms with E-state index in [1.54, 1.807) is 24.3 Å². The number of hydrogen-bond donors (Lipinski definition) is 1. The van der Waals surface area contributed by atoms with Gasteiger partial charge in [0.05, 0.1) is 5.56 Å². The third kappa shape index (κ3) is 4.57. The lowest BCUT2D eigenvalue weighted by molar-refractivity contribution is -0.123. The van der Waals surface area contributed by atoms with Crippen LogP contribution in [0.15, 0.2) is 36.4 Å². The van der Waals surface area contributed by atoms with E-state index in [0.717, 1.165) is 16.7 Å². The number of aryl methyl sites for hydroxylation is 3. The molecule has 2 aromatic carbocycles. The van der Waals surface area contributed by atoms with Crippen LogP contribution in [0.25, 0.3) is 0 Å². The number of ketones is 1. The van der Waals surface area contributed by atoms with Crippen LogP contribution in [0.4, 0.5) is 5.69 Å². The number of nitrogens with one attached hydrogen (secondary N) is 1. The molecule has 1 atom stereocenters. The first-order valence-electron chi connectivity index (χ1n) is 8.39. The Balaban J connectivity index is 2.09. The highest BCUT2D eigenvalue weighted by Gasteiger charge is 2.21. The second kappa shape index (κ2) is 7.95. The van der Waals surface area contributed by atoms with Crippen molar-refractivity contribution in [3.05, 3.63) is 64.2 Å². The highest BCUT2D eigenvalue weighted by molar-refractivity contribution is 6.00. The van der Waals surface area contributed by atoms with Gasteiger partial charge in [-0.1, -0.05) is 29.8 Å². The number of benzene rings is 2. The molecule has 2 aromatic rings. The van der Waals surface area contributed by atoms with Gasteiger partial charge in [0, 0.05) is 11.3 Å². The van der Waals surface area contributed by atoms with E-state index in [9.17, 15) is 14.4 Å². The number of carbonyl (C=O) groups excluding carboxylic acids is 3. The molecule has 0 aliphatic heterocycles. The fourth-order valence-electron chi connectivity index (χ4n) is 2.83. The molecule has 136 valence electrons. The lowest BCUT2D eigenvalue weighted by atomic mass is 10.00. The Morgan fingerprint density at radius 3 is 2.19 bits per heavy atom. The third-order valence-corrected chi connectivity index (χ3v) is 4.07. The molecule has 1 amide bonds. The topological polar surface area (TPSA) is 72.5 Å². The van der Waals surface area contributed by atoms with Crippen molar-refractivity contribution in [2.45, 2.75) is 40.7 Å². The second-order valence-electron chi connectivity index (χ2n) is 6.45. The molecular weight excluding hydrogens is 330 g/mol. The molecule has 0 heterocycles. The predicted octanol–water partition coefficient (Wildman–Crippen LogP) is 4.00. The Labute approximate surface area is 153 Å². The predicted molar refractivity (Wildman–Crippen MR) is 101 cm³/mol. The molecule has 2 rings (SSSR count). The molecule has 0 spiro atoms. The molecule has 26 heavy (non-hydrogen) atoms. The Hall–Kier alpha value is -2.95. The van der Waals surface area contributed by atoms with Gasteiger partial charge in [-0.2, -0.15) is 0 Å². The highest BCUT2D eigenvalue weighted by Crippen LogP contribution is 2.18. The fraction of sp³-hybridized carbons (Fsp3) is 0.286. The van der Waals surface area contributed by atoms with E-state index >= 15 is 0 Å². The van der Waals surface area contributed by atoms with E-state index in [2.05, 4.69) is 5.32 Å². The third-order valence-electron chi connectivity index (χ3n) is 4.07. The van der Waals surface area contributed by atoms with Gasteiger partial charge < -0.3 is 10.1 Å². The summed E-state index contributed by atoms with van der Waals surface area (Å²) in [6, 6.07) is 10.4. The van der Waals surface area contributed by atoms with Gasteiger partial charge in [-0.15, -0.1) is 0 Å². The first-order chi connectivity index (χ1) is 12.2. The largest absolute Gasteiger partial charge is 0.449 e. The van der Waals surface area contributed by atoms with Crippen LogP contribution >= 0.6 is 0 Å². The van der Waals surface area contributed by atoms with Crippen LogP contribution in [0.3, 0.4) is 0 Å². The molecular formula is C21H23NO4. The van der Waals surface area contributed by atoms with Crippen LogP contribution in [-0.2, 0) is 9.53 Å². The molecule has 5 heteroatoms. The summed E-state index contributed by atoms with van der Waals surface area (Å²) in [5.74, 6) is -1.08. The van der Waals surface area contributed by atoms with Gasteiger partial charge >= 0.3 is 5.97 Å². The minimum Gasteiger partial charge on any atom is -0.449 e. The zero-order valence-electron chi connectivity index (χ0n) is 15.7. The summed E-state index contributed by atoms with van der Waals surface area (Å²) in [6.07, 6.45) is -0.969. The molecule has 0 saturated carbocycles. The molecule has 0 bridgehead atoms. The van der Waals surface area contributed by atoms with E-state index in [4.69, 9.17) is 4.74 Å².